The van der Waals surface area contributed by atoms with Crippen LogP contribution in [0.5, 0.6) is 0 Å². The second-order valence-corrected chi connectivity index (χ2v) is 6.35. The molecule has 0 aliphatic heterocycles. The quantitative estimate of drug-likeness (QED) is 0.758. The van der Waals surface area contributed by atoms with Crippen LogP contribution in [0.25, 0.3) is 0 Å². The van der Waals surface area contributed by atoms with Crippen LogP contribution < -0.4 is 5.32 Å². The van der Waals surface area contributed by atoms with E-state index in [9.17, 15) is 0 Å². The second kappa shape index (κ2) is 6.78. The molecule has 2 unspecified atom stereocenters. The highest BCUT2D eigenvalue weighted by Gasteiger charge is 2.27. The summed E-state index contributed by atoms with van der Waals surface area (Å²) in [4.78, 5) is 0. The molecule has 2 aliphatic rings. The molecule has 1 heteroatoms. The largest absolute Gasteiger partial charge is 0.311 e. The summed E-state index contributed by atoms with van der Waals surface area (Å²) in [5, 5.41) is 4.00. The number of rotatable bonds is 4. The van der Waals surface area contributed by atoms with Gasteiger partial charge >= 0.3 is 0 Å². The first kappa shape index (κ1) is 13.4. The molecule has 0 heterocycles. The molecule has 100 valence electrons. The van der Waals surface area contributed by atoms with Crippen LogP contribution in [-0.2, 0) is 0 Å². The molecular weight excluding hydrogens is 206 g/mol. The van der Waals surface area contributed by atoms with E-state index in [-0.39, 0.29) is 0 Å². The van der Waals surface area contributed by atoms with Crippen LogP contribution in [0.15, 0.2) is 0 Å². The Bertz CT molecular complexity index is 206. The van der Waals surface area contributed by atoms with Crippen LogP contribution >= 0.6 is 0 Å². The summed E-state index contributed by atoms with van der Waals surface area (Å²) in [5.74, 6) is 1.99. The van der Waals surface area contributed by atoms with E-state index >= 15 is 0 Å². The predicted molar refractivity (Wildman–Crippen MR) is 75.2 cm³/mol. The molecule has 0 spiro atoms. The first-order valence-corrected chi connectivity index (χ1v) is 8.09. The van der Waals surface area contributed by atoms with E-state index in [1.165, 1.54) is 64.2 Å². The Morgan fingerprint density at radius 2 is 1.53 bits per heavy atom. The second-order valence-electron chi connectivity index (χ2n) is 6.35. The summed E-state index contributed by atoms with van der Waals surface area (Å²) in [5.41, 5.74) is 0. The smallest absolute Gasteiger partial charge is 0.00978 e. The molecular formula is C16H31N. The molecule has 2 fully saturated rings. The van der Waals surface area contributed by atoms with Crippen molar-refractivity contribution < 1.29 is 0 Å². The maximum Gasteiger partial charge on any atom is 0.00978 e. The van der Waals surface area contributed by atoms with Gasteiger partial charge in [-0.1, -0.05) is 39.5 Å². The van der Waals surface area contributed by atoms with Crippen LogP contribution in [0, 0.1) is 11.8 Å². The van der Waals surface area contributed by atoms with Gasteiger partial charge in [0.1, 0.15) is 0 Å². The molecule has 0 aromatic heterocycles. The molecule has 2 atom stereocenters. The SMILES string of the molecule is CCC1CCC(NC2CCCCC2CC)CC1. The minimum absolute atomic E-state index is 0.843. The Kier molecular flexibility index (Phi) is 5.34. The maximum absolute atomic E-state index is 4.00. The Balaban J connectivity index is 1.76. The van der Waals surface area contributed by atoms with Crippen LogP contribution in [0.3, 0.4) is 0 Å². The third-order valence-corrected chi connectivity index (χ3v) is 5.31. The normalized spacial score (nSPS) is 39.2. The fraction of sp³-hybridized carbons (Fsp3) is 1.00. The molecule has 1 nitrogen and oxygen atoms in total. The molecule has 1 N–H and O–H groups in total. The summed E-state index contributed by atoms with van der Waals surface area (Å²) >= 11 is 0. The predicted octanol–water partition coefficient (Wildman–Crippen LogP) is 4.51. The Morgan fingerprint density at radius 1 is 0.824 bits per heavy atom. The van der Waals surface area contributed by atoms with Crippen LogP contribution in [-0.4, -0.2) is 12.1 Å². The summed E-state index contributed by atoms with van der Waals surface area (Å²) in [6.07, 6.45) is 14.4. The summed E-state index contributed by atoms with van der Waals surface area (Å²) in [6.45, 7) is 4.73. The first-order valence-electron chi connectivity index (χ1n) is 8.09. The minimum atomic E-state index is 0.843. The van der Waals surface area contributed by atoms with Gasteiger partial charge in [-0.25, -0.2) is 0 Å². The fourth-order valence-electron chi connectivity index (χ4n) is 3.96. The highest BCUT2D eigenvalue weighted by molar-refractivity contribution is 4.85. The van der Waals surface area contributed by atoms with Crippen molar-refractivity contribution in [3.05, 3.63) is 0 Å². The average Bonchev–Trinajstić information content (AvgIpc) is 2.40. The van der Waals surface area contributed by atoms with Gasteiger partial charge in [0, 0.05) is 12.1 Å². The van der Waals surface area contributed by atoms with Crippen molar-refractivity contribution in [1.82, 2.24) is 5.32 Å². The van der Waals surface area contributed by atoms with E-state index in [1.807, 2.05) is 0 Å². The average molecular weight is 237 g/mol. The highest BCUT2D eigenvalue weighted by atomic mass is 15.0. The van der Waals surface area contributed by atoms with Crippen LogP contribution in [0.2, 0.25) is 0 Å². The van der Waals surface area contributed by atoms with E-state index in [4.69, 9.17) is 0 Å². The fourth-order valence-corrected chi connectivity index (χ4v) is 3.96. The highest BCUT2D eigenvalue weighted by Crippen LogP contribution is 2.31. The number of nitrogens with one attached hydrogen (secondary N) is 1. The van der Waals surface area contributed by atoms with E-state index in [1.54, 1.807) is 0 Å². The van der Waals surface area contributed by atoms with Gasteiger partial charge in [-0.3, -0.25) is 0 Å². The van der Waals surface area contributed by atoms with Gasteiger partial charge in [0.05, 0.1) is 0 Å². The molecule has 2 saturated carbocycles. The zero-order chi connectivity index (χ0) is 12.1. The molecule has 17 heavy (non-hydrogen) atoms. The Labute approximate surface area is 108 Å². The zero-order valence-electron chi connectivity index (χ0n) is 11.9. The summed E-state index contributed by atoms with van der Waals surface area (Å²) < 4.78 is 0. The lowest BCUT2D eigenvalue weighted by Crippen LogP contribution is -2.45. The molecule has 2 rings (SSSR count). The first-order chi connectivity index (χ1) is 8.33. The lowest BCUT2D eigenvalue weighted by Gasteiger charge is -2.37. The molecule has 2 aliphatic carbocycles. The van der Waals surface area contributed by atoms with Gasteiger partial charge in [-0.05, 0) is 50.4 Å². The zero-order valence-corrected chi connectivity index (χ0v) is 11.9. The van der Waals surface area contributed by atoms with Crippen molar-refractivity contribution in [2.75, 3.05) is 0 Å². The lowest BCUT2D eigenvalue weighted by molar-refractivity contribution is 0.201. The Hall–Kier alpha value is -0.0400. The van der Waals surface area contributed by atoms with Crippen molar-refractivity contribution in [2.45, 2.75) is 90.1 Å². The number of hydrogen-bond donors (Lipinski definition) is 1. The van der Waals surface area contributed by atoms with Gasteiger partial charge in [0.2, 0.25) is 0 Å². The van der Waals surface area contributed by atoms with Crippen molar-refractivity contribution in [2.24, 2.45) is 11.8 Å². The van der Waals surface area contributed by atoms with Crippen LogP contribution in [0.4, 0.5) is 0 Å². The Morgan fingerprint density at radius 3 is 2.18 bits per heavy atom. The van der Waals surface area contributed by atoms with Crippen molar-refractivity contribution in [3.8, 4) is 0 Å². The lowest BCUT2D eigenvalue weighted by atomic mass is 9.80. The maximum atomic E-state index is 4.00. The van der Waals surface area contributed by atoms with E-state index in [0.717, 1.165) is 23.9 Å². The van der Waals surface area contributed by atoms with Crippen molar-refractivity contribution in [3.63, 3.8) is 0 Å². The molecule has 0 bridgehead atoms. The van der Waals surface area contributed by atoms with Gasteiger partial charge in [0.15, 0.2) is 0 Å². The number of hydrogen-bond acceptors (Lipinski definition) is 1. The van der Waals surface area contributed by atoms with Gasteiger partial charge in [-0.2, -0.15) is 0 Å². The van der Waals surface area contributed by atoms with E-state index < -0.39 is 0 Å². The molecule has 0 saturated heterocycles. The minimum Gasteiger partial charge on any atom is -0.311 e. The van der Waals surface area contributed by atoms with Gasteiger partial charge in [-0.15, -0.1) is 0 Å². The van der Waals surface area contributed by atoms with Gasteiger partial charge in [0.25, 0.3) is 0 Å². The standard InChI is InChI=1S/C16H31N/c1-3-13-9-11-15(12-10-13)17-16-8-6-5-7-14(16)4-2/h13-17H,3-12H2,1-2H3. The van der Waals surface area contributed by atoms with Crippen LogP contribution in [0.1, 0.15) is 78.1 Å². The monoisotopic (exact) mass is 237 g/mol. The topological polar surface area (TPSA) is 12.0 Å². The third kappa shape index (κ3) is 3.71. The summed E-state index contributed by atoms with van der Waals surface area (Å²) in [6, 6.07) is 1.69. The van der Waals surface area contributed by atoms with Crippen molar-refractivity contribution >= 4 is 0 Å². The van der Waals surface area contributed by atoms with E-state index in [2.05, 4.69) is 19.2 Å². The third-order valence-electron chi connectivity index (χ3n) is 5.31. The van der Waals surface area contributed by atoms with Gasteiger partial charge < -0.3 is 5.32 Å². The van der Waals surface area contributed by atoms with Crippen molar-refractivity contribution in [1.29, 1.82) is 0 Å². The summed E-state index contributed by atoms with van der Waals surface area (Å²) in [7, 11) is 0. The van der Waals surface area contributed by atoms with E-state index in [0.29, 0.717) is 0 Å². The molecule has 0 aromatic rings. The molecule has 0 aromatic carbocycles. The molecule has 0 amide bonds. The molecule has 0 radical (unpaired) electrons.